The van der Waals surface area contributed by atoms with Crippen molar-refractivity contribution in [3.05, 3.63) is 71.0 Å². The van der Waals surface area contributed by atoms with Gasteiger partial charge in [0.05, 0.1) is 0 Å². The van der Waals surface area contributed by atoms with E-state index in [0.29, 0.717) is 24.9 Å². The van der Waals surface area contributed by atoms with Crippen LogP contribution >= 0.6 is 0 Å². The summed E-state index contributed by atoms with van der Waals surface area (Å²) in [6.45, 7) is 0.703. The number of nitrogens with one attached hydrogen (secondary N) is 1. The highest BCUT2D eigenvalue weighted by molar-refractivity contribution is 5.21. The fourth-order valence-corrected chi connectivity index (χ4v) is 2.46. The predicted octanol–water partition coefficient (Wildman–Crippen LogP) is 3.72. The van der Waals surface area contributed by atoms with E-state index in [1.807, 2.05) is 7.05 Å². The third-order valence-corrected chi connectivity index (χ3v) is 3.45. The van der Waals surface area contributed by atoms with Gasteiger partial charge in [-0.05, 0) is 61.7 Å². The highest BCUT2D eigenvalue weighted by Crippen LogP contribution is 2.18. The highest BCUT2D eigenvalue weighted by Gasteiger charge is 2.13. The van der Waals surface area contributed by atoms with Gasteiger partial charge in [-0.25, -0.2) is 13.2 Å². The standard InChI is InChI=1S/C17H18F3N/c1-21-11-13(8-12-2-5-15(18)6-3-12)9-14-4-7-16(19)10-17(14)20/h2-7,10,13,21H,8-9,11H2,1H3. The third kappa shape index (κ3) is 4.60. The summed E-state index contributed by atoms with van der Waals surface area (Å²) in [5.74, 6) is -1.20. The van der Waals surface area contributed by atoms with Crippen LogP contribution in [0.2, 0.25) is 0 Å². The highest BCUT2D eigenvalue weighted by atomic mass is 19.1. The summed E-state index contributed by atoms with van der Waals surface area (Å²) in [7, 11) is 1.83. The molecule has 1 unspecified atom stereocenters. The molecule has 112 valence electrons. The molecule has 2 aromatic rings. The second-order valence-electron chi connectivity index (χ2n) is 5.19. The van der Waals surface area contributed by atoms with Gasteiger partial charge in [-0.15, -0.1) is 0 Å². The Bertz CT molecular complexity index is 581. The van der Waals surface area contributed by atoms with E-state index in [4.69, 9.17) is 0 Å². The number of hydrogen-bond donors (Lipinski definition) is 1. The van der Waals surface area contributed by atoms with Gasteiger partial charge in [0, 0.05) is 6.07 Å². The second kappa shape index (κ2) is 7.27. The van der Waals surface area contributed by atoms with Crippen LogP contribution in [0.3, 0.4) is 0 Å². The molecule has 0 aliphatic rings. The van der Waals surface area contributed by atoms with Crippen LogP contribution in [0.15, 0.2) is 42.5 Å². The van der Waals surface area contributed by atoms with E-state index in [0.717, 1.165) is 11.6 Å². The molecular weight excluding hydrogens is 275 g/mol. The van der Waals surface area contributed by atoms with Gasteiger partial charge in [-0.1, -0.05) is 18.2 Å². The van der Waals surface area contributed by atoms with Crippen molar-refractivity contribution < 1.29 is 13.2 Å². The molecule has 0 saturated heterocycles. The van der Waals surface area contributed by atoms with E-state index >= 15 is 0 Å². The number of halogens is 3. The second-order valence-corrected chi connectivity index (χ2v) is 5.19. The van der Waals surface area contributed by atoms with Gasteiger partial charge in [0.2, 0.25) is 0 Å². The fraction of sp³-hybridized carbons (Fsp3) is 0.294. The fourth-order valence-electron chi connectivity index (χ4n) is 2.46. The lowest BCUT2D eigenvalue weighted by Gasteiger charge is -2.17. The van der Waals surface area contributed by atoms with E-state index in [-0.39, 0.29) is 11.7 Å². The molecule has 21 heavy (non-hydrogen) atoms. The van der Waals surface area contributed by atoms with E-state index in [1.54, 1.807) is 12.1 Å². The van der Waals surface area contributed by atoms with Gasteiger partial charge in [-0.2, -0.15) is 0 Å². The smallest absolute Gasteiger partial charge is 0.129 e. The van der Waals surface area contributed by atoms with Gasteiger partial charge < -0.3 is 5.32 Å². The zero-order chi connectivity index (χ0) is 15.2. The first-order valence-electron chi connectivity index (χ1n) is 6.91. The molecule has 0 heterocycles. The van der Waals surface area contributed by atoms with Gasteiger partial charge in [0.25, 0.3) is 0 Å². The molecule has 1 nitrogen and oxygen atoms in total. The number of benzene rings is 2. The largest absolute Gasteiger partial charge is 0.319 e. The first kappa shape index (κ1) is 15.6. The van der Waals surface area contributed by atoms with E-state index in [2.05, 4.69) is 5.32 Å². The minimum absolute atomic E-state index is 0.153. The Morgan fingerprint density at radius 3 is 2.19 bits per heavy atom. The minimum Gasteiger partial charge on any atom is -0.319 e. The Labute approximate surface area is 122 Å². The Morgan fingerprint density at radius 1 is 0.905 bits per heavy atom. The maximum Gasteiger partial charge on any atom is 0.129 e. The Kier molecular flexibility index (Phi) is 5.39. The van der Waals surface area contributed by atoms with Crippen molar-refractivity contribution in [1.82, 2.24) is 5.32 Å². The first-order chi connectivity index (χ1) is 10.1. The SMILES string of the molecule is CNCC(Cc1ccc(F)cc1)Cc1ccc(F)cc1F. The first-order valence-corrected chi connectivity index (χ1v) is 6.91. The third-order valence-electron chi connectivity index (χ3n) is 3.45. The van der Waals surface area contributed by atoms with Crippen molar-refractivity contribution in [3.8, 4) is 0 Å². The van der Waals surface area contributed by atoms with Gasteiger partial charge in [0.15, 0.2) is 0 Å². The van der Waals surface area contributed by atoms with Gasteiger partial charge in [0.1, 0.15) is 17.5 Å². The molecule has 4 heteroatoms. The average molecular weight is 293 g/mol. The molecule has 0 amide bonds. The summed E-state index contributed by atoms with van der Waals surface area (Å²) in [5.41, 5.74) is 1.50. The van der Waals surface area contributed by atoms with Crippen molar-refractivity contribution in [3.63, 3.8) is 0 Å². The summed E-state index contributed by atoms with van der Waals surface area (Å²) in [5, 5.41) is 3.08. The molecule has 1 atom stereocenters. The molecule has 0 aliphatic heterocycles. The number of rotatable bonds is 6. The topological polar surface area (TPSA) is 12.0 Å². The maximum absolute atomic E-state index is 13.7. The van der Waals surface area contributed by atoms with Crippen LogP contribution in [0.4, 0.5) is 13.2 Å². The molecule has 0 aromatic heterocycles. The molecule has 0 bridgehead atoms. The number of hydrogen-bond acceptors (Lipinski definition) is 1. The van der Waals surface area contributed by atoms with Gasteiger partial charge >= 0.3 is 0 Å². The van der Waals surface area contributed by atoms with Crippen LogP contribution in [0.1, 0.15) is 11.1 Å². The molecule has 0 spiro atoms. The normalized spacial score (nSPS) is 12.4. The average Bonchev–Trinajstić information content (AvgIpc) is 2.44. The molecule has 1 N–H and O–H groups in total. The van der Waals surface area contributed by atoms with Crippen LogP contribution in [-0.2, 0) is 12.8 Å². The molecule has 0 radical (unpaired) electrons. The van der Waals surface area contributed by atoms with Crippen molar-refractivity contribution in [1.29, 1.82) is 0 Å². The zero-order valence-electron chi connectivity index (χ0n) is 11.9. The van der Waals surface area contributed by atoms with Crippen LogP contribution in [-0.4, -0.2) is 13.6 Å². The molecular formula is C17H18F3N. The summed E-state index contributed by atoms with van der Waals surface area (Å²) in [4.78, 5) is 0. The lowest BCUT2D eigenvalue weighted by atomic mass is 9.92. The predicted molar refractivity (Wildman–Crippen MR) is 77.6 cm³/mol. The van der Waals surface area contributed by atoms with Crippen LogP contribution in [0, 0.1) is 23.4 Å². The van der Waals surface area contributed by atoms with E-state index in [9.17, 15) is 13.2 Å². The molecule has 2 rings (SSSR count). The quantitative estimate of drug-likeness (QED) is 0.856. The summed E-state index contributed by atoms with van der Waals surface area (Å²) in [6, 6.07) is 9.97. The monoisotopic (exact) mass is 293 g/mol. The van der Waals surface area contributed by atoms with Crippen molar-refractivity contribution in [2.45, 2.75) is 12.8 Å². The Hall–Kier alpha value is -1.81. The van der Waals surface area contributed by atoms with Crippen LogP contribution < -0.4 is 5.32 Å². The van der Waals surface area contributed by atoms with Gasteiger partial charge in [-0.3, -0.25) is 0 Å². The van der Waals surface area contributed by atoms with Crippen molar-refractivity contribution in [2.24, 2.45) is 5.92 Å². The molecule has 0 aliphatic carbocycles. The van der Waals surface area contributed by atoms with Crippen LogP contribution in [0.5, 0.6) is 0 Å². The van der Waals surface area contributed by atoms with E-state index in [1.165, 1.54) is 24.3 Å². The van der Waals surface area contributed by atoms with E-state index < -0.39 is 11.6 Å². The summed E-state index contributed by atoms with van der Waals surface area (Å²) >= 11 is 0. The maximum atomic E-state index is 13.7. The summed E-state index contributed by atoms with van der Waals surface area (Å²) in [6.07, 6.45) is 1.21. The molecule has 0 fully saturated rings. The van der Waals surface area contributed by atoms with Crippen LogP contribution in [0.25, 0.3) is 0 Å². The lowest BCUT2D eigenvalue weighted by Crippen LogP contribution is -2.23. The minimum atomic E-state index is -0.569. The Balaban J connectivity index is 2.09. The zero-order valence-corrected chi connectivity index (χ0v) is 11.9. The summed E-state index contributed by atoms with van der Waals surface area (Å²) < 4.78 is 39.6. The lowest BCUT2D eigenvalue weighted by molar-refractivity contribution is 0.477. The molecule has 2 aromatic carbocycles. The molecule has 0 saturated carbocycles. The van der Waals surface area contributed by atoms with Crippen molar-refractivity contribution >= 4 is 0 Å². The Morgan fingerprint density at radius 2 is 1.57 bits per heavy atom. The van der Waals surface area contributed by atoms with Crippen molar-refractivity contribution in [2.75, 3.05) is 13.6 Å².